The molecule has 0 spiro atoms. The Morgan fingerprint density at radius 2 is 1.80 bits per heavy atom. The average molecular weight is 367 g/mol. The molecule has 0 aliphatic heterocycles. The molecule has 140 valence electrons. The lowest BCUT2D eigenvalue weighted by Gasteiger charge is -2.44. The minimum atomic E-state index is 0. The second-order valence-corrected chi connectivity index (χ2v) is 8.15. The van der Waals surface area contributed by atoms with E-state index in [4.69, 9.17) is 5.73 Å². The van der Waals surface area contributed by atoms with Crippen LogP contribution in [0.5, 0.6) is 0 Å². The number of nitrogens with one attached hydrogen (secondary N) is 1. The summed E-state index contributed by atoms with van der Waals surface area (Å²) in [5.74, 6) is 1.55. The number of carbonyl (C=O) groups is 1. The van der Waals surface area contributed by atoms with Gasteiger partial charge >= 0.3 is 0 Å². The summed E-state index contributed by atoms with van der Waals surface area (Å²) in [5.41, 5.74) is 6.37. The SMILES string of the molecule is Cl.NC1C2CCCC1CC(C(=O)NC1CCCCC1n1cccn1)C2. The maximum absolute atomic E-state index is 12.9. The highest BCUT2D eigenvalue weighted by molar-refractivity contribution is 5.85. The van der Waals surface area contributed by atoms with Crippen LogP contribution in [0.2, 0.25) is 0 Å². The van der Waals surface area contributed by atoms with Crippen LogP contribution < -0.4 is 11.1 Å². The first-order valence-electron chi connectivity index (χ1n) is 9.77. The molecular formula is C19H31ClN4O. The Morgan fingerprint density at radius 1 is 1.08 bits per heavy atom. The molecule has 3 aliphatic rings. The van der Waals surface area contributed by atoms with Gasteiger partial charge in [0, 0.05) is 24.4 Å². The van der Waals surface area contributed by atoms with E-state index in [0.29, 0.717) is 23.9 Å². The molecule has 1 aromatic rings. The number of nitrogens with two attached hydrogens (primary N) is 1. The Morgan fingerprint density at radius 3 is 2.48 bits per heavy atom. The monoisotopic (exact) mass is 366 g/mol. The number of carbonyl (C=O) groups excluding carboxylic acids is 1. The summed E-state index contributed by atoms with van der Waals surface area (Å²) in [6.45, 7) is 0. The van der Waals surface area contributed by atoms with Crippen LogP contribution in [0.3, 0.4) is 0 Å². The van der Waals surface area contributed by atoms with Gasteiger partial charge in [0.1, 0.15) is 0 Å². The molecule has 3 saturated carbocycles. The summed E-state index contributed by atoms with van der Waals surface area (Å²) in [5, 5.41) is 7.81. The fourth-order valence-corrected chi connectivity index (χ4v) is 5.38. The van der Waals surface area contributed by atoms with Crippen LogP contribution in [0, 0.1) is 17.8 Å². The molecule has 0 radical (unpaired) electrons. The lowest BCUT2D eigenvalue weighted by Crippen LogP contribution is -2.51. The van der Waals surface area contributed by atoms with Gasteiger partial charge < -0.3 is 11.1 Å². The Balaban J connectivity index is 0.00000182. The van der Waals surface area contributed by atoms with Crippen molar-refractivity contribution in [3.63, 3.8) is 0 Å². The molecule has 3 N–H and O–H groups in total. The van der Waals surface area contributed by atoms with Crippen molar-refractivity contribution < 1.29 is 4.79 Å². The highest BCUT2D eigenvalue weighted by Gasteiger charge is 2.41. The average Bonchev–Trinajstić information content (AvgIpc) is 3.09. The standard InChI is InChI=1S/C19H30N4O.ClH/c20-18-13-5-3-6-14(18)12-15(11-13)19(24)22-16-7-1-2-8-17(16)23-10-4-9-21-23;/h4,9-10,13-18H,1-3,5-8,11-12,20H2,(H,22,24);1H. The molecule has 3 fully saturated rings. The molecule has 5 nitrogen and oxygen atoms in total. The van der Waals surface area contributed by atoms with E-state index in [1.165, 1.54) is 32.1 Å². The summed E-state index contributed by atoms with van der Waals surface area (Å²) in [7, 11) is 0. The summed E-state index contributed by atoms with van der Waals surface area (Å²) in [6.07, 6.45) is 14.1. The van der Waals surface area contributed by atoms with E-state index in [2.05, 4.69) is 10.4 Å². The van der Waals surface area contributed by atoms with Crippen LogP contribution in [0.1, 0.15) is 63.8 Å². The summed E-state index contributed by atoms with van der Waals surface area (Å²) >= 11 is 0. The molecule has 25 heavy (non-hydrogen) atoms. The summed E-state index contributed by atoms with van der Waals surface area (Å²) < 4.78 is 2.04. The van der Waals surface area contributed by atoms with Crippen molar-refractivity contribution in [2.24, 2.45) is 23.5 Å². The summed E-state index contributed by atoms with van der Waals surface area (Å²) in [4.78, 5) is 12.9. The minimum absolute atomic E-state index is 0. The van der Waals surface area contributed by atoms with Crippen LogP contribution in [-0.4, -0.2) is 27.8 Å². The van der Waals surface area contributed by atoms with Gasteiger partial charge in [-0.2, -0.15) is 5.10 Å². The summed E-state index contributed by atoms with van der Waals surface area (Å²) in [6, 6.07) is 2.83. The normalized spacial score (nSPS) is 37.8. The Labute approximate surface area is 156 Å². The van der Waals surface area contributed by atoms with Crippen molar-refractivity contribution >= 4 is 18.3 Å². The van der Waals surface area contributed by atoms with E-state index in [0.717, 1.165) is 25.7 Å². The maximum atomic E-state index is 12.9. The van der Waals surface area contributed by atoms with Crippen LogP contribution >= 0.6 is 12.4 Å². The van der Waals surface area contributed by atoms with Crippen molar-refractivity contribution in [2.45, 2.75) is 75.9 Å². The predicted octanol–water partition coefficient (Wildman–Crippen LogP) is 3.06. The van der Waals surface area contributed by atoms with Crippen molar-refractivity contribution in [3.05, 3.63) is 18.5 Å². The zero-order chi connectivity index (χ0) is 16.5. The zero-order valence-corrected chi connectivity index (χ0v) is 15.7. The molecule has 0 aromatic carbocycles. The third-order valence-corrected chi connectivity index (χ3v) is 6.71. The van der Waals surface area contributed by atoms with Crippen LogP contribution in [0.15, 0.2) is 18.5 Å². The third-order valence-electron chi connectivity index (χ3n) is 6.71. The second kappa shape index (κ2) is 8.09. The molecule has 1 aromatic heterocycles. The molecule has 4 rings (SSSR count). The van der Waals surface area contributed by atoms with Gasteiger partial charge in [-0.05, 0) is 56.4 Å². The van der Waals surface area contributed by atoms with Crippen molar-refractivity contribution in [2.75, 3.05) is 0 Å². The first-order chi connectivity index (χ1) is 11.7. The number of fused-ring (bicyclic) bond motifs is 2. The topological polar surface area (TPSA) is 72.9 Å². The smallest absolute Gasteiger partial charge is 0.223 e. The van der Waals surface area contributed by atoms with Gasteiger partial charge in [-0.3, -0.25) is 9.48 Å². The Bertz CT molecular complexity index is 550. The van der Waals surface area contributed by atoms with Gasteiger partial charge in [0.25, 0.3) is 0 Å². The van der Waals surface area contributed by atoms with E-state index in [1.54, 1.807) is 0 Å². The third kappa shape index (κ3) is 3.87. The van der Waals surface area contributed by atoms with E-state index in [-0.39, 0.29) is 30.3 Å². The quantitative estimate of drug-likeness (QED) is 0.863. The molecule has 0 saturated heterocycles. The Hall–Kier alpha value is -1.07. The molecule has 2 bridgehead atoms. The number of rotatable bonds is 3. The highest BCUT2D eigenvalue weighted by Crippen LogP contribution is 2.42. The van der Waals surface area contributed by atoms with Crippen LogP contribution in [-0.2, 0) is 4.79 Å². The second-order valence-electron chi connectivity index (χ2n) is 8.15. The number of hydrogen-bond donors (Lipinski definition) is 2. The van der Waals surface area contributed by atoms with Crippen molar-refractivity contribution in [3.8, 4) is 0 Å². The number of halogens is 1. The predicted molar refractivity (Wildman–Crippen MR) is 100 cm³/mol. The molecule has 1 heterocycles. The fourth-order valence-electron chi connectivity index (χ4n) is 5.38. The van der Waals surface area contributed by atoms with Crippen molar-refractivity contribution in [1.82, 2.24) is 15.1 Å². The lowest BCUT2D eigenvalue weighted by molar-refractivity contribution is -0.129. The number of nitrogens with zero attached hydrogens (tertiary/aromatic N) is 2. The van der Waals surface area contributed by atoms with Crippen LogP contribution in [0.25, 0.3) is 0 Å². The maximum Gasteiger partial charge on any atom is 0.223 e. The molecule has 3 aliphatic carbocycles. The van der Waals surface area contributed by atoms with E-state index >= 15 is 0 Å². The van der Waals surface area contributed by atoms with E-state index < -0.39 is 0 Å². The van der Waals surface area contributed by atoms with Crippen molar-refractivity contribution in [1.29, 1.82) is 0 Å². The van der Waals surface area contributed by atoms with Gasteiger partial charge in [-0.25, -0.2) is 0 Å². The van der Waals surface area contributed by atoms with Gasteiger partial charge in [-0.1, -0.05) is 19.3 Å². The largest absolute Gasteiger partial charge is 0.351 e. The molecule has 6 heteroatoms. The molecule has 1 amide bonds. The minimum Gasteiger partial charge on any atom is -0.351 e. The highest BCUT2D eigenvalue weighted by atomic mass is 35.5. The molecule has 4 atom stereocenters. The zero-order valence-electron chi connectivity index (χ0n) is 14.8. The lowest BCUT2D eigenvalue weighted by atomic mass is 9.65. The number of amides is 1. The first kappa shape index (κ1) is 18.7. The van der Waals surface area contributed by atoms with Crippen LogP contribution in [0.4, 0.5) is 0 Å². The molecular weight excluding hydrogens is 336 g/mol. The first-order valence-corrected chi connectivity index (χ1v) is 9.77. The van der Waals surface area contributed by atoms with E-state index in [9.17, 15) is 4.79 Å². The van der Waals surface area contributed by atoms with Gasteiger partial charge in [-0.15, -0.1) is 12.4 Å². The van der Waals surface area contributed by atoms with E-state index in [1.807, 2.05) is 23.1 Å². The van der Waals surface area contributed by atoms with Gasteiger partial charge in [0.05, 0.1) is 12.1 Å². The number of aromatic nitrogens is 2. The van der Waals surface area contributed by atoms with Gasteiger partial charge in [0.15, 0.2) is 0 Å². The van der Waals surface area contributed by atoms with Gasteiger partial charge in [0.2, 0.25) is 5.91 Å². The fraction of sp³-hybridized carbons (Fsp3) is 0.789. The number of hydrogen-bond acceptors (Lipinski definition) is 3. The molecule has 4 unspecified atom stereocenters. The Kier molecular flexibility index (Phi) is 6.05.